The van der Waals surface area contributed by atoms with Gasteiger partial charge in [-0.1, -0.05) is 29.8 Å². The summed E-state index contributed by atoms with van der Waals surface area (Å²) in [5.41, 5.74) is -1.60. The molecule has 0 saturated carbocycles. The molecule has 2 saturated heterocycles. The Morgan fingerprint density at radius 2 is 2.07 bits per heavy atom. The van der Waals surface area contributed by atoms with Crippen LogP contribution in [0.4, 0.5) is 0 Å². The number of likely N-dealkylation sites (tertiary alicyclic amines) is 1. The van der Waals surface area contributed by atoms with Gasteiger partial charge in [-0.2, -0.15) is 0 Å². The highest BCUT2D eigenvalue weighted by Gasteiger charge is 2.53. The molecule has 2 unspecified atom stereocenters. The molecule has 2 N–H and O–H groups in total. The molecule has 0 spiro atoms. The Bertz CT molecular complexity index is 803. The Morgan fingerprint density at radius 1 is 1.33 bits per heavy atom. The van der Waals surface area contributed by atoms with Crippen molar-refractivity contribution in [1.29, 1.82) is 0 Å². The zero-order valence-electron chi connectivity index (χ0n) is 15.9. The maximum Gasteiger partial charge on any atom is 0.342 e. The highest BCUT2D eigenvalue weighted by molar-refractivity contribution is 8.00. The van der Waals surface area contributed by atoms with Gasteiger partial charge in [-0.3, -0.25) is 19.3 Å². The molecule has 2 fully saturated rings. The number of carboxylic acid groups (broad SMARTS) is 1. The molecule has 2 aliphatic heterocycles. The molecule has 4 atom stereocenters. The van der Waals surface area contributed by atoms with E-state index in [2.05, 4.69) is 5.32 Å². The molecule has 30 heavy (non-hydrogen) atoms. The minimum absolute atomic E-state index is 0.00915. The molecule has 2 amide bonds. The fraction of sp³-hybridized carbons (Fsp3) is 0.474. The van der Waals surface area contributed by atoms with Crippen molar-refractivity contribution >= 4 is 46.9 Å². The molecule has 11 heteroatoms. The van der Waals surface area contributed by atoms with Gasteiger partial charge in [0.2, 0.25) is 5.50 Å². The van der Waals surface area contributed by atoms with Crippen LogP contribution in [0.3, 0.4) is 0 Å². The topological polar surface area (TPSA) is 122 Å². The number of nitrogens with zero attached hydrogens (tertiary/aromatic N) is 1. The summed E-state index contributed by atoms with van der Waals surface area (Å²) < 4.78 is 10.7. The van der Waals surface area contributed by atoms with E-state index in [1.54, 1.807) is 30.3 Å². The van der Waals surface area contributed by atoms with Crippen LogP contribution >= 0.6 is 23.4 Å². The normalized spacial score (nSPS) is 24.1. The van der Waals surface area contributed by atoms with Crippen LogP contribution in [0.2, 0.25) is 0 Å². The van der Waals surface area contributed by atoms with E-state index >= 15 is 0 Å². The highest BCUT2D eigenvalue weighted by atomic mass is 35.5. The Labute approximate surface area is 182 Å². The van der Waals surface area contributed by atoms with E-state index in [1.807, 2.05) is 0 Å². The first kappa shape index (κ1) is 22.4. The molecule has 1 aromatic carbocycles. The lowest BCUT2D eigenvalue weighted by molar-refractivity contribution is -0.157. The van der Waals surface area contributed by atoms with Gasteiger partial charge in [-0.25, -0.2) is 4.79 Å². The van der Waals surface area contributed by atoms with Crippen molar-refractivity contribution in [2.75, 3.05) is 19.0 Å². The predicted molar refractivity (Wildman–Crippen MR) is 108 cm³/mol. The fourth-order valence-electron chi connectivity index (χ4n) is 3.13. The molecule has 0 bridgehead atoms. The summed E-state index contributed by atoms with van der Waals surface area (Å²) in [6, 6.07) is 7.68. The first-order valence-corrected chi connectivity index (χ1v) is 10.8. The van der Waals surface area contributed by atoms with E-state index in [1.165, 1.54) is 0 Å². The number of β-lactam (4-membered cyclic amide) rings is 1. The minimum Gasteiger partial charge on any atom is -0.484 e. The lowest BCUT2D eigenvalue weighted by Gasteiger charge is -2.47. The number of hydrogen-bond acceptors (Lipinski definition) is 7. The minimum atomic E-state index is -1.60. The number of carbonyl (C=O) groups excluding carboxylic acids is 3. The van der Waals surface area contributed by atoms with E-state index in [9.17, 15) is 19.2 Å². The molecule has 9 nitrogen and oxygen atoms in total. The number of Topliss-reactive ketones (excluding diaryl/α,β-unsaturated/α-hetero) is 1. The van der Waals surface area contributed by atoms with Crippen molar-refractivity contribution in [1.82, 2.24) is 10.2 Å². The number of thioether (sulfide) groups is 1. The average molecular weight is 457 g/mol. The number of amides is 2. The van der Waals surface area contributed by atoms with Crippen LogP contribution < -0.4 is 10.1 Å². The van der Waals surface area contributed by atoms with Gasteiger partial charge in [-0.15, -0.1) is 11.8 Å². The van der Waals surface area contributed by atoms with E-state index in [-0.39, 0.29) is 18.1 Å². The number of para-hydroxylation sites is 1. The van der Waals surface area contributed by atoms with Crippen LogP contribution in [-0.4, -0.2) is 75.6 Å². The molecule has 162 valence electrons. The molecule has 2 aliphatic rings. The Balaban J connectivity index is 1.58. The van der Waals surface area contributed by atoms with E-state index in [0.29, 0.717) is 18.8 Å². The van der Waals surface area contributed by atoms with Gasteiger partial charge in [0, 0.05) is 6.61 Å². The van der Waals surface area contributed by atoms with Crippen molar-refractivity contribution in [3.8, 4) is 5.75 Å². The fourth-order valence-corrected chi connectivity index (χ4v) is 4.70. The third kappa shape index (κ3) is 5.24. The van der Waals surface area contributed by atoms with Crippen LogP contribution in [0.25, 0.3) is 0 Å². The van der Waals surface area contributed by atoms with E-state index in [4.69, 9.17) is 26.2 Å². The smallest absolute Gasteiger partial charge is 0.342 e. The number of carboxylic acids is 1. The zero-order valence-corrected chi connectivity index (χ0v) is 17.4. The number of aliphatic carboxylic acids is 1. The summed E-state index contributed by atoms with van der Waals surface area (Å²) >= 11 is 6.89. The summed E-state index contributed by atoms with van der Waals surface area (Å²) in [6.07, 6.45) is 0.954. The molecule has 0 aromatic heterocycles. The van der Waals surface area contributed by atoms with Crippen molar-refractivity contribution in [3.63, 3.8) is 0 Å². The monoisotopic (exact) mass is 456 g/mol. The molecule has 2 heterocycles. The maximum atomic E-state index is 12.4. The number of nitrogens with one attached hydrogen (secondary N) is 1. The van der Waals surface area contributed by atoms with Gasteiger partial charge in [0.05, 0.1) is 5.75 Å². The summed E-state index contributed by atoms with van der Waals surface area (Å²) in [7, 11) is 0. The number of halogens is 1. The Morgan fingerprint density at radius 3 is 2.70 bits per heavy atom. The first-order chi connectivity index (χ1) is 14.4. The summed E-state index contributed by atoms with van der Waals surface area (Å²) in [6.45, 7) is 0.210. The van der Waals surface area contributed by atoms with E-state index in [0.717, 1.165) is 23.1 Å². The number of ketones is 1. The molecule has 3 rings (SSSR count). The third-order valence-corrected chi connectivity index (χ3v) is 6.33. The molecule has 0 radical (unpaired) electrons. The largest absolute Gasteiger partial charge is 0.484 e. The third-order valence-electron chi connectivity index (χ3n) is 4.64. The number of ether oxygens (including phenoxy) is 2. The lowest BCUT2D eigenvalue weighted by Crippen LogP contribution is -2.72. The maximum absolute atomic E-state index is 12.4. The van der Waals surface area contributed by atoms with Gasteiger partial charge in [0.15, 0.2) is 12.4 Å². The second-order valence-electron chi connectivity index (χ2n) is 6.74. The van der Waals surface area contributed by atoms with Gasteiger partial charge in [-0.05, 0) is 25.0 Å². The summed E-state index contributed by atoms with van der Waals surface area (Å²) in [4.78, 5) is 49.1. The van der Waals surface area contributed by atoms with Crippen molar-refractivity contribution in [2.24, 2.45) is 0 Å². The molecular formula is C19H21ClN2O7S. The second kappa shape index (κ2) is 10.1. The molecule has 0 aliphatic carbocycles. The van der Waals surface area contributed by atoms with Crippen molar-refractivity contribution in [3.05, 3.63) is 30.3 Å². The molecular weight excluding hydrogens is 436 g/mol. The Hall–Kier alpha value is -2.30. The van der Waals surface area contributed by atoms with Gasteiger partial charge < -0.3 is 19.9 Å². The summed E-state index contributed by atoms with van der Waals surface area (Å²) in [5, 5.41) is 10.9. The van der Waals surface area contributed by atoms with Crippen LogP contribution in [0, 0.1) is 0 Å². The number of benzene rings is 1. The van der Waals surface area contributed by atoms with Crippen molar-refractivity contribution < 1.29 is 33.8 Å². The van der Waals surface area contributed by atoms with Crippen LogP contribution in [0.15, 0.2) is 30.3 Å². The average Bonchev–Trinajstić information content (AvgIpc) is 3.28. The number of hydrogen-bond donors (Lipinski definition) is 2. The summed E-state index contributed by atoms with van der Waals surface area (Å²) in [5.74, 6) is -2.21. The lowest BCUT2D eigenvalue weighted by atomic mass is 10.1. The van der Waals surface area contributed by atoms with Crippen molar-refractivity contribution in [2.45, 2.75) is 35.9 Å². The standard InChI is InChI=1S/C19H21ClN2O7S/c20-16(19(26)27)22-17(25)15(18(22)30-10-12(23)13-7-4-8-28-13)21-14(24)9-29-11-5-2-1-3-6-11/h1-3,5-6,13,15-16,18H,4,7-10H2,(H,21,24)(H,26,27)/t13?,15-,16?,18-/m1/s1. The Kier molecular flexibility index (Phi) is 7.57. The number of carbonyl (C=O) groups is 4. The molecule has 1 aromatic rings. The van der Waals surface area contributed by atoms with Gasteiger partial charge in [0.25, 0.3) is 11.8 Å². The quantitative estimate of drug-likeness (QED) is 0.302. The predicted octanol–water partition coefficient (Wildman–Crippen LogP) is 0.849. The van der Waals surface area contributed by atoms with Crippen LogP contribution in [0.1, 0.15) is 12.8 Å². The first-order valence-electron chi connectivity index (χ1n) is 9.30. The van der Waals surface area contributed by atoms with E-state index < -0.39 is 40.8 Å². The zero-order chi connectivity index (χ0) is 21.7. The number of alkyl halides is 1. The van der Waals surface area contributed by atoms with Crippen LogP contribution in [0.5, 0.6) is 5.75 Å². The van der Waals surface area contributed by atoms with Gasteiger partial charge >= 0.3 is 5.97 Å². The van der Waals surface area contributed by atoms with Gasteiger partial charge in [0.1, 0.15) is 23.3 Å². The SMILES string of the molecule is O=C(COc1ccccc1)N[C@@H]1C(=O)N(C(Cl)C(=O)O)[C@@H]1SCC(=O)C1CCCO1. The number of rotatable bonds is 10. The highest BCUT2D eigenvalue weighted by Crippen LogP contribution is 2.34. The van der Waals surface area contributed by atoms with Crippen LogP contribution in [-0.2, 0) is 23.9 Å². The second-order valence-corrected chi connectivity index (χ2v) is 8.25.